The first kappa shape index (κ1) is 22.2. The molecule has 0 saturated carbocycles. The van der Waals surface area contributed by atoms with Crippen LogP contribution < -0.4 is 14.2 Å². The van der Waals surface area contributed by atoms with Gasteiger partial charge in [0.15, 0.2) is 11.5 Å². The molecule has 0 aliphatic rings. The second-order valence-corrected chi connectivity index (χ2v) is 8.06. The summed E-state index contributed by atoms with van der Waals surface area (Å²) < 4.78 is 23.9. The number of aromatic nitrogens is 1. The third-order valence-electron chi connectivity index (χ3n) is 4.69. The van der Waals surface area contributed by atoms with Crippen LogP contribution in [0, 0.1) is 0 Å². The number of amides is 1. The highest BCUT2D eigenvalue weighted by Crippen LogP contribution is 2.39. The van der Waals surface area contributed by atoms with E-state index in [-0.39, 0.29) is 0 Å². The molecule has 0 radical (unpaired) electrons. The van der Waals surface area contributed by atoms with Crippen molar-refractivity contribution in [3.05, 3.63) is 53.7 Å². The molecule has 3 rings (SSSR count). The molecule has 0 aliphatic heterocycles. The van der Waals surface area contributed by atoms with Crippen LogP contribution in [0.15, 0.2) is 47.6 Å². The first-order valence-corrected chi connectivity index (χ1v) is 9.84. The lowest BCUT2D eigenvalue weighted by Crippen LogP contribution is -2.23. The van der Waals surface area contributed by atoms with Crippen LogP contribution in [0.1, 0.15) is 31.9 Å². The predicted molar refractivity (Wildman–Crippen MR) is 121 cm³/mol. The molecule has 0 fully saturated rings. The highest BCUT2D eigenvalue weighted by atomic mass is 16.6. The summed E-state index contributed by atoms with van der Waals surface area (Å²) in [6, 6.07) is 11.4. The lowest BCUT2D eigenvalue weighted by molar-refractivity contribution is 0.0604. The maximum absolute atomic E-state index is 12.6. The Kier molecular flexibility index (Phi) is 6.24. The van der Waals surface area contributed by atoms with Gasteiger partial charge in [0.05, 0.1) is 27.0 Å². The lowest BCUT2D eigenvalue weighted by Gasteiger charge is -2.19. The Morgan fingerprint density at radius 2 is 1.55 bits per heavy atom. The molecule has 0 spiro atoms. The van der Waals surface area contributed by atoms with Crippen LogP contribution >= 0.6 is 0 Å². The van der Waals surface area contributed by atoms with Crippen molar-refractivity contribution >= 4 is 22.7 Å². The zero-order valence-corrected chi connectivity index (χ0v) is 19.0. The zero-order chi connectivity index (χ0) is 22.8. The quantitative estimate of drug-likeness (QED) is 0.541. The van der Waals surface area contributed by atoms with Gasteiger partial charge in [-0.2, -0.15) is 4.99 Å². The van der Waals surface area contributed by atoms with E-state index in [4.69, 9.17) is 18.9 Å². The van der Waals surface area contributed by atoms with Gasteiger partial charge in [0.1, 0.15) is 5.60 Å². The van der Waals surface area contributed by atoms with E-state index in [1.165, 1.54) is 0 Å². The largest absolute Gasteiger partial charge is 0.493 e. The van der Waals surface area contributed by atoms with Crippen molar-refractivity contribution in [1.82, 2.24) is 4.57 Å². The fourth-order valence-corrected chi connectivity index (χ4v) is 3.32. The summed E-state index contributed by atoms with van der Waals surface area (Å²) in [5, 5.41) is 1.03. The Balaban J connectivity index is 2.21. The average Bonchev–Trinajstić information content (AvgIpc) is 3.09. The SMILES string of the molecule is COc1cc(C(=NC(=O)OC(C)(C)C)c2ccc3c(ccn3C)c2)cc(OC)c1OC. The highest BCUT2D eigenvalue weighted by molar-refractivity contribution is 6.17. The molecule has 0 N–H and O–H groups in total. The highest BCUT2D eigenvalue weighted by Gasteiger charge is 2.21. The third-order valence-corrected chi connectivity index (χ3v) is 4.69. The molecule has 7 heteroatoms. The minimum atomic E-state index is -0.676. The monoisotopic (exact) mass is 424 g/mol. The summed E-state index contributed by atoms with van der Waals surface area (Å²) in [5.74, 6) is 1.40. The van der Waals surface area contributed by atoms with Crippen LogP contribution in [0.4, 0.5) is 4.79 Å². The number of benzene rings is 2. The predicted octanol–water partition coefficient (Wildman–Crippen LogP) is 4.98. The molecule has 0 atom stereocenters. The van der Waals surface area contributed by atoms with Crippen LogP contribution in [0.2, 0.25) is 0 Å². The maximum atomic E-state index is 12.6. The number of fused-ring (bicyclic) bond motifs is 1. The van der Waals surface area contributed by atoms with Crippen LogP contribution in [-0.2, 0) is 11.8 Å². The van der Waals surface area contributed by atoms with Gasteiger partial charge in [-0.25, -0.2) is 4.79 Å². The van der Waals surface area contributed by atoms with Crippen LogP contribution in [0.5, 0.6) is 17.2 Å². The Morgan fingerprint density at radius 3 is 2.10 bits per heavy atom. The Labute approximate surface area is 182 Å². The number of aliphatic imine (C=N–C) groups is 1. The van der Waals surface area contributed by atoms with E-state index in [0.717, 1.165) is 16.5 Å². The van der Waals surface area contributed by atoms with Gasteiger partial charge in [-0.1, -0.05) is 6.07 Å². The van der Waals surface area contributed by atoms with E-state index >= 15 is 0 Å². The molecular formula is C24H28N2O5. The summed E-state index contributed by atoms with van der Waals surface area (Å²) in [6.45, 7) is 5.40. The number of carbonyl (C=O) groups excluding carboxylic acids is 1. The van der Waals surface area contributed by atoms with Crippen LogP contribution in [-0.4, -0.2) is 43.3 Å². The van der Waals surface area contributed by atoms with Crippen LogP contribution in [0.3, 0.4) is 0 Å². The number of methoxy groups -OCH3 is 3. The number of rotatable bonds is 5. The normalized spacial score (nSPS) is 12.0. The number of hydrogen-bond donors (Lipinski definition) is 0. The second kappa shape index (κ2) is 8.71. The smallest absolute Gasteiger partial charge is 0.434 e. The number of nitrogens with zero attached hydrogens (tertiary/aromatic N) is 2. The molecule has 1 amide bonds. The van der Waals surface area contributed by atoms with E-state index in [1.807, 2.05) is 42.1 Å². The van der Waals surface area contributed by atoms with Crippen molar-refractivity contribution in [2.75, 3.05) is 21.3 Å². The first-order chi connectivity index (χ1) is 14.7. The summed E-state index contributed by atoms with van der Waals surface area (Å²) in [5.41, 5.74) is 2.25. The molecule has 2 aromatic carbocycles. The molecule has 164 valence electrons. The minimum Gasteiger partial charge on any atom is -0.493 e. The van der Waals surface area contributed by atoms with Gasteiger partial charge in [-0.15, -0.1) is 0 Å². The van der Waals surface area contributed by atoms with E-state index in [9.17, 15) is 4.79 Å². The topological polar surface area (TPSA) is 71.3 Å². The van der Waals surface area contributed by atoms with Gasteiger partial charge in [0.2, 0.25) is 5.75 Å². The molecule has 0 unspecified atom stereocenters. The number of aryl methyl sites for hydroxylation is 1. The number of hydrogen-bond acceptors (Lipinski definition) is 5. The number of carbonyl (C=O) groups is 1. The molecule has 7 nitrogen and oxygen atoms in total. The lowest BCUT2D eigenvalue weighted by atomic mass is 10.00. The molecular weight excluding hydrogens is 396 g/mol. The van der Waals surface area contributed by atoms with Gasteiger partial charge in [0.25, 0.3) is 0 Å². The minimum absolute atomic E-state index is 0.444. The average molecular weight is 424 g/mol. The van der Waals surface area contributed by atoms with E-state index in [2.05, 4.69) is 4.99 Å². The van der Waals surface area contributed by atoms with E-state index in [0.29, 0.717) is 28.5 Å². The summed E-state index contributed by atoms with van der Waals surface area (Å²) >= 11 is 0. The molecule has 3 aromatic rings. The Bertz CT molecular complexity index is 1110. The summed E-state index contributed by atoms with van der Waals surface area (Å²) in [4.78, 5) is 16.9. The fourth-order valence-electron chi connectivity index (χ4n) is 3.32. The van der Waals surface area contributed by atoms with Gasteiger partial charge >= 0.3 is 6.09 Å². The molecule has 0 bridgehead atoms. The fraction of sp³-hybridized carbons (Fsp3) is 0.333. The third kappa shape index (κ3) is 4.82. The summed E-state index contributed by atoms with van der Waals surface area (Å²) in [7, 11) is 6.61. The molecule has 0 saturated heterocycles. The Morgan fingerprint density at radius 1 is 0.903 bits per heavy atom. The van der Waals surface area contributed by atoms with Gasteiger partial charge in [-0.3, -0.25) is 0 Å². The van der Waals surface area contributed by atoms with Crippen molar-refractivity contribution in [3.63, 3.8) is 0 Å². The first-order valence-electron chi connectivity index (χ1n) is 9.84. The van der Waals surface area contributed by atoms with Crippen molar-refractivity contribution in [3.8, 4) is 17.2 Å². The van der Waals surface area contributed by atoms with Gasteiger partial charge in [-0.05, 0) is 51.1 Å². The van der Waals surface area contributed by atoms with E-state index in [1.54, 1.807) is 54.2 Å². The standard InChI is InChI=1S/C24H28N2O5/c1-24(2,3)31-23(27)25-21(16-8-9-18-15(12-16)10-11-26(18)4)17-13-19(28-5)22(30-7)20(14-17)29-6/h8-14H,1-7H3. The van der Waals surface area contributed by atoms with Gasteiger partial charge < -0.3 is 23.5 Å². The molecule has 31 heavy (non-hydrogen) atoms. The van der Waals surface area contributed by atoms with Crippen molar-refractivity contribution < 1.29 is 23.7 Å². The zero-order valence-electron chi connectivity index (χ0n) is 19.0. The molecule has 1 aromatic heterocycles. The summed E-state index contributed by atoms with van der Waals surface area (Å²) in [6.07, 6.45) is 1.31. The number of ether oxygens (including phenoxy) is 4. The van der Waals surface area contributed by atoms with Gasteiger partial charge in [0, 0.05) is 35.3 Å². The van der Waals surface area contributed by atoms with Crippen molar-refractivity contribution in [2.45, 2.75) is 26.4 Å². The molecule has 1 heterocycles. The maximum Gasteiger partial charge on any atom is 0.434 e. The van der Waals surface area contributed by atoms with Crippen molar-refractivity contribution in [1.29, 1.82) is 0 Å². The second-order valence-electron chi connectivity index (χ2n) is 8.06. The van der Waals surface area contributed by atoms with Crippen LogP contribution in [0.25, 0.3) is 10.9 Å². The van der Waals surface area contributed by atoms with E-state index < -0.39 is 11.7 Å². The Hall–Kier alpha value is -3.48. The molecule has 0 aliphatic carbocycles. The van der Waals surface area contributed by atoms with Crippen molar-refractivity contribution in [2.24, 2.45) is 12.0 Å².